The van der Waals surface area contributed by atoms with Crippen LogP contribution in [0.2, 0.25) is 0 Å². The summed E-state index contributed by atoms with van der Waals surface area (Å²) in [6.45, 7) is 0. The lowest BCUT2D eigenvalue weighted by atomic mass is 10.0. The number of nitrogens with one attached hydrogen (secondary N) is 2. The predicted octanol–water partition coefficient (Wildman–Crippen LogP) is 1.93. The Hall–Kier alpha value is -2.51. The van der Waals surface area contributed by atoms with Crippen molar-refractivity contribution in [3.63, 3.8) is 0 Å². The third kappa shape index (κ3) is 3.38. The van der Waals surface area contributed by atoms with Crippen molar-refractivity contribution < 1.29 is 27.5 Å². The van der Waals surface area contributed by atoms with Crippen LogP contribution < -0.4 is 5.32 Å². The van der Waals surface area contributed by atoms with Crippen LogP contribution in [0.25, 0.3) is 10.9 Å². The maximum absolute atomic E-state index is 12.3. The number of rotatable bonds is 4. The molecule has 1 aromatic carbocycles. The van der Waals surface area contributed by atoms with Gasteiger partial charge in [-0.25, -0.2) is 4.79 Å². The van der Waals surface area contributed by atoms with Crippen molar-refractivity contribution in [3.05, 3.63) is 36.0 Å². The monoisotopic (exact) mass is 314 g/mol. The van der Waals surface area contributed by atoms with E-state index in [1.807, 2.05) is 0 Å². The third-order valence-electron chi connectivity index (χ3n) is 3.15. The van der Waals surface area contributed by atoms with E-state index in [1.165, 1.54) is 0 Å². The van der Waals surface area contributed by atoms with E-state index >= 15 is 0 Å². The van der Waals surface area contributed by atoms with Crippen LogP contribution in [0.4, 0.5) is 13.2 Å². The lowest BCUT2D eigenvalue weighted by Crippen LogP contribution is -2.48. The molecule has 0 radical (unpaired) electrons. The van der Waals surface area contributed by atoms with Crippen molar-refractivity contribution in [2.75, 3.05) is 7.11 Å². The van der Waals surface area contributed by atoms with Gasteiger partial charge in [-0.1, -0.05) is 18.2 Å². The van der Waals surface area contributed by atoms with Crippen LogP contribution in [0.1, 0.15) is 5.56 Å². The highest BCUT2D eigenvalue weighted by molar-refractivity contribution is 5.89. The van der Waals surface area contributed by atoms with E-state index in [4.69, 9.17) is 0 Å². The molecule has 0 spiro atoms. The number of methoxy groups -OCH3 is 1. The summed E-state index contributed by atoms with van der Waals surface area (Å²) in [5.74, 6) is -3.12. The van der Waals surface area contributed by atoms with Crippen molar-refractivity contribution >= 4 is 22.8 Å². The Bertz CT molecular complexity index is 694. The summed E-state index contributed by atoms with van der Waals surface area (Å²) in [5.41, 5.74) is 1.39. The van der Waals surface area contributed by atoms with Crippen molar-refractivity contribution in [2.24, 2.45) is 0 Å². The van der Waals surface area contributed by atoms with Gasteiger partial charge >= 0.3 is 18.1 Å². The zero-order valence-electron chi connectivity index (χ0n) is 11.5. The molecule has 22 heavy (non-hydrogen) atoms. The van der Waals surface area contributed by atoms with Crippen LogP contribution in [0.5, 0.6) is 0 Å². The Morgan fingerprint density at radius 1 is 1.32 bits per heavy atom. The number of hydrogen-bond acceptors (Lipinski definition) is 3. The molecule has 8 heteroatoms. The molecule has 0 aliphatic rings. The molecule has 1 amide bonds. The lowest BCUT2D eigenvalue weighted by Gasteiger charge is -2.17. The minimum atomic E-state index is -5.06. The molecule has 2 N–H and O–H groups in total. The number of hydrogen-bond donors (Lipinski definition) is 2. The molecule has 0 saturated carbocycles. The van der Waals surface area contributed by atoms with Crippen molar-refractivity contribution in [1.29, 1.82) is 0 Å². The molecular weight excluding hydrogens is 301 g/mol. The number of H-pyrrole nitrogens is 1. The number of alkyl halides is 3. The number of para-hydroxylation sites is 1. The Labute approximate surface area is 123 Å². The molecule has 0 fully saturated rings. The number of carbonyl (C=O) groups is 2. The fourth-order valence-corrected chi connectivity index (χ4v) is 2.10. The standard InChI is InChI=1S/C14H13F3N2O3/c1-22-12(20)11(19-13(21)14(15,16)17)6-8-7-18-10-5-3-2-4-9(8)10/h2-5,7,11,18H,6H2,1H3,(H,19,21). The first kappa shape index (κ1) is 15.9. The second kappa shape index (κ2) is 6.08. The minimum absolute atomic E-state index is 0.113. The maximum atomic E-state index is 12.3. The van der Waals surface area contributed by atoms with Crippen LogP contribution in [0.3, 0.4) is 0 Å². The first-order valence-electron chi connectivity index (χ1n) is 6.33. The van der Waals surface area contributed by atoms with E-state index < -0.39 is 24.1 Å². The topological polar surface area (TPSA) is 71.2 Å². The molecule has 0 aliphatic carbocycles. The molecule has 0 saturated heterocycles. The molecule has 1 heterocycles. The number of aromatic nitrogens is 1. The Kier molecular flexibility index (Phi) is 4.39. The average molecular weight is 314 g/mol. The van der Waals surface area contributed by atoms with Gasteiger partial charge in [-0.3, -0.25) is 4.79 Å². The Morgan fingerprint density at radius 2 is 2.00 bits per heavy atom. The highest BCUT2D eigenvalue weighted by Gasteiger charge is 2.41. The van der Waals surface area contributed by atoms with Crippen molar-refractivity contribution in [3.8, 4) is 0 Å². The fourth-order valence-electron chi connectivity index (χ4n) is 2.10. The fraction of sp³-hybridized carbons (Fsp3) is 0.286. The number of carbonyl (C=O) groups excluding carboxylic acids is 2. The maximum Gasteiger partial charge on any atom is 0.471 e. The van der Waals surface area contributed by atoms with Gasteiger partial charge in [0.2, 0.25) is 0 Å². The molecule has 0 aliphatic heterocycles. The summed E-state index contributed by atoms with van der Waals surface area (Å²) in [7, 11) is 1.05. The normalized spacial score (nSPS) is 12.9. The van der Waals surface area contributed by atoms with E-state index in [0.29, 0.717) is 5.56 Å². The molecule has 1 aromatic heterocycles. The molecule has 1 atom stereocenters. The quantitative estimate of drug-likeness (QED) is 0.847. The molecular formula is C14H13F3N2O3. The van der Waals surface area contributed by atoms with Crippen LogP contribution in [0.15, 0.2) is 30.5 Å². The number of esters is 1. The summed E-state index contributed by atoms with van der Waals surface area (Å²) < 4.78 is 41.5. The summed E-state index contributed by atoms with van der Waals surface area (Å²) >= 11 is 0. The summed E-state index contributed by atoms with van der Waals surface area (Å²) in [5, 5.41) is 2.42. The molecule has 5 nitrogen and oxygen atoms in total. The summed E-state index contributed by atoms with van der Waals surface area (Å²) in [4.78, 5) is 25.6. The lowest BCUT2D eigenvalue weighted by molar-refractivity contribution is -0.175. The van der Waals surface area contributed by atoms with E-state index in [1.54, 1.807) is 35.8 Å². The van der Waals surface area contributed by atoms with Gasteiger partial charge in [-0.15, -0.1) is 0 Å². The highest BCUT2D eigenvalue weighted by Crippen LogP contribution is 2.20. The Morgan fingerprint density at radius 3 is 2.64 bits per heavy atom. The van der Waals surface area contributed by atoms with Crippen LogP contribution in [0, 0.1) is 0 Å². The number of benzene rings is 1. The van der Waals surface area contributed by atoms with Crippen LogP contribution in [-0.4, -0.2) is 36.2 Å². The van der Waals surface area contributed by atoms with E-state index in [2.05, 4.69) is 9.72 Å². The first-order chi connectivity index (χ1) is 10.3. The molecule has 2 rings (SSSR count). The summed E-state index contributed by atoms with van der Waals surface area (Å²) in [6.07, 6.45) is -3.59. The van der Waals surface area contributed by atoms with Crippen molar-refractivity contribution in [1.82, 2.24) is 10.3 Å². The SMILES string of the molecule is COC(=O)C(Cc1c[nH]c2ccccc12)NC(=O)C(F)(F)F. The molecule has 118 valence electrons. The summed E-state index contributed by atoms with van der Waals surface area (Å²) in [6, 6.07) is 5.70. The smallest absolute Gasteiger partial charge is 0.467 e. The minimum Gasteiger partial charge on any atom is -0.467 e. The number of fused-ring (bicyclic) bond motifs is 1. The van der Waals surface area contributed by atoms with Crippen molar-refractivity contribution in [2.45, 2.75) is 18.6 Å². The second-order valence-corrected chi connectivity index (χ2v) is 4.61. The van der Waals surface area contributed by atoms with E-state index in [9.17, 15) is 22.8 Å². The van der Waals surface area contributed by atoms with E-state index in [0.717, 1.165) is 18.0 Å². The van der Waals surface area contributed by atoms with Gasteiger partial charge in [-0.2, -0.15) is 13.2 Å². The first-order valence-corrected chi connectivity index (χ1v) is 6.33. The predicted molar refractivity (Wildman–Crippen MR) is 72.0 cm³/mol. The largest absolute Gasteiger partial charge is 0.471 e. The number of halogens is 3. The van der Waals surface area contributed by atoms with Gasteiger partial charge in [0.05, 0.1) is 7.11 Å². The molecule has 2 aromatic rings. The average Bonchev–Trinajstić information content (AvgIpc) is 2.88. The van der Waals surface area contributed by atoms with Gasteiger partial charge in [-0.05, 0) is 11.6 Å². The number of ether oxygens (including phenoxy) is 1. The van der Waals surface area contributed by atoms with Gasteiger partial charge in [0.25, 0.3) is 0 Å². The van der Waals surface area contributed by atoms with Gasteiger partial charge in [0.1, 0.15) is 6.04 Å². The molecule has 0 bridgehead atoms. The molecule has 1 unspecified atom stereocenters. The van der Waals surface area contributed by atoms with Crippen LogP contribution in [-0.2, 0) is 20.7 Å². The van der Waals surface area contributed by atoms with E-state index in [-0.39, 0.29) is 6.42 Å². The highest BCUT2D eigenvalue weighted by atomic mass is 19.4. The van der Waals surface area contributed by atoms with Gasteiger partial charge in [0.15, 0.2) is 0 Å². The van der Waals surface area contributed by atoms with Crippen LogP contribution >= 0.6 is 0 Å². The number of amides is 1. The van der Waals surface area contributed by atoms with Gasteiger partial charge < -0.3 is 15.0 Å². The zero-order valence-corrected chi connectivity index (χ0v) is 11.5. The second-order valence-electron chi connectivity index (χ2n) is 4.61. The Balaban J connectivity index is 2.23. The zero-order chi connectivity index (χ0) is 16.3. The number of aromatic amines is 1. The van der Waals surface area contributed by atoms with Gasteiger partial charge in [0, 0.05) is 23.5 Å². The third-order valence-corrected chi connectivity index (χ3v) is 3.15.